The molecule has 1 fully saturated rings. The number of rotatable bonds is 5. The number of amides is 1. The van der Waals surface area contributed by atoms with Crippen LogP contribution in [0.2, 0.25) is 0 Å². The van der Waals surface area contributed by atoms with Crippen LogP contribution < -0.4 is 5.32 Å². The summed E-state index contributed by atoms with van der Waals surface area (Å²) in [5.41, 5.74) is 7.09. The number of nitrogens with one attached hydrogen (secondary N) is 2. The number of hydrogen-bond donors (Lipinski definition) is 2. The van der Waals surface area contributed by atoms with E-state index in [0.717, 1.165) is 28.1 Å². The number of benzene rings is 1. The van der Waals surface area contributed by atoms with Crippen molar-refractivity contribution in [3.05, 3.63) is 71.1 Å². The first-order valence-corrected chi connectivity index (χ1v) is 11.3. The van der Waals surface area contributed by atoms with Crippen molar-refractivity contribution < 1.29 is 13.7 Å². The van der Waals surface area contributed by atoms with Crippen LogP contribution in [0.15, 0.2) is 47.2 Å². The summed E-state index contributed by atoms with van der Waals surface area (Å²) in [7, 11) is 0. The van der Waals surface area contributed by atoms with Gasteiger partial charge in [-0.2, -0.15) is 15.2 Å². The van der Waals surface area contributed by atoms with Gasteiger partial charge in [-0.3, -0.25) is 9.89 Å². The standard InChI is InChI=1S/C25H22FN7O2/c1-12-4-5-16(23-29-25(35-32-23)17-10-19(17)26)8-20(12)28-24(34)18-11-27-33-7-6-15(9-21(18)33)22-13(2)30-31-14(22)3/h4-9,11,17,19H,10H2,1-3H3,(H,28,34)(H,30,31)/t17-,19-/m0/s1. The van der Waals surface area contributed by atoms with Gasteiger partial charge < -0.3 is 9.84 Å². The van der Waals surface area contributed by atoms with E-state index < -0.39 is 6.17 Å². The SMILES string of the molecule is Cc1ccc(-c2noc([C@H]3C[C@@H]3F)n2)cc1NC(=O)c1cnn2ccc(-c3c(C)n[nH]c3C)cc12. The Labute approximate surface area is 199 Å². The van der Waals surface area contributed by atoms with E-state index in [1.807, 2.05) is 51.2 Å². The van der Waals surface area contributed by atoms with Gasteiger partial charge >= 0.3 is 0 Å². The molecule has 1 amide bonds. The molecule has 2 atom stereocenters. The monoisotopic (exact) mass is 471 g/mol. The van der Waals surface area contributed by atoms with Gasteiger partial charge in [-0.05, 0) is 56.5 Å². The highest BCUT2D eigenvalue weighted by molar-refractivity contribution is 6.09. The van der Waals surface area contributed by atoms with E-state index in [-0.39, 0.29) is 11.8 Å². The summed E-state index contributed by atoms with van der Waals surface area (Å²) >= 11 is 0. The van der Waals surface area contributed by atoms with Gasteiger partial charge in [-0.25, -0.2) is 8.91 Å². The molecule has 0 unspecified atom stereocenters. The molecule has 10 heteroatoms. The summed E-state index contributed by atoms with van der Waals surface area (Å²) in [5.74, 6) is 0.0751. The second kappa shape index (κ2) is 7.86. The van der Waals surface area contributed by atoms with Crippen LogP contribution >= 0.6 is 0 Å². The summed E-state index contributed by atoms with van der Waals surface area (Å²) in [4.78, 5) is 17.6. The molecular weight excluding hydrogens is 449 g/mol. The number of halogens is 1. The maximum absolute atomic E-state index is 13.3. The smallest absolute Gasteiger partial charge is 0.259 e. The fourth-order valence-electron chi connectivity index (χ4n) is 4.30. The number of carbonyl (C=O) groups is 1. The zero-order valence-electron chi connectivity index (χ0n) is 19.3. The third-order valence-corrected chi connectivity index (χ3v) is 6.40. The first-order valence-electron chi connectivity index (χ1n) is 11.3. The van der Waals surface area contributed by atoms with Crippen LogP contribution in [0.4, 0.5) is 10.1 Å². The lowest BCUT2D eigenvalue weighted by molar-refractivity contribution is 0.102. The average molecular weight is 471 g/mol. The molecule has 0 bridgehead atoms. The Balaban J connectivity index is 1.30. The van der Waals surface area contributed by atoms with Crippen molar-refractivity contribution in [2.24, 2.45) is 0 Å². The molecule has 0 spiro atoms. The van der Waals surface area contributed by atoms with Gasteiger partial charge in [0.2, 0.25) is 11.7 Å². The number of aromatic nitrogens is 6. The van der Waals surface area contributed by atoms with Crippen LogP contribution in [0.5, 0.6) is 0 Å². The number of fused-ring (bicyclic) bond motifs is 1. The molecular formula is C25H22FN7O2. The molecule has 2 N–H and O–H groups in total. The zero-order valence-corrected chi connectivity index (χ0v) is 19.3. The second-order valence-corrected chi connectivity index (χ2v) is 8.91. The minimum atomic E-state index is -0.913. The molecule has 0 saturated heterocycles. The van der Waals surface area contributed by atoms with Gasteiger partial charge in [0, 0.05) is 28.7 Å². The lowest BCUT2D eigenvalue weighted by Gasteiger charge is -2.09. The van der Waals surface area contributed by atoms with E-state index in [1.54, 1.807) is 16.8 Å². The number of hydrogen-bond acceptors (Lipinski definition) is 6. The van der Waals surface area contributed by atoms with Crippen LogP contribution in [0.25, 0.3) is 28.0 Å². The maximum Gasteiger partial charge on any atom is 0.259 e. The molecule has 1 aliphatic rings. The summed E-state index contributed by atoms with van der Waals surface area (Å²) in [5, 5.41) is 18.6. The minimum Gasteiger partial charge on any atom is -0.339 e. The molecule has 4 heterocycles. The van der Waals surface area contributed by atoms with E-state index in [4.69, 9.17) is 4.52 Å². The molecule has 0 aliphatic heterocycles. The first kappa shape index (κ1) is 21.2. The molecule has 4 aromatic heterocycles. The Morgan fingerprint density at radius 1 is 1.20 bits per heavy atom. The molecule has 1 saturated carbocycles. The number of aryl methyl sites for hydroxylation is 3. The predicted molar refractivity (Wildman–Crippen MR) is 127 cm³/mol. The highest BCUT2D eigenvalue weighted by atomic mass is 19.1. The molecule has 5 aromatic rings. The Kier molecular flexibility index (Phi) is 4.77. The summed E-state index contributed by atoms with van der Waals surface area (Å²) in [6.45, 7) is 5.81. The topological polar surface area (TPSA) is 114 Å². The van der Waals surface area contributed by atoms with Crippen LogP contribution in [0.3, 0.4) is 0 Å². The van der Waals surface area contributed by atoms with E-state index >= 15 is 0 Å². The number of carbonyl (C=O) groups excluding carboxylic acids is 1. The summed E-state index contributed by atoms with van der Waals surface area (Å²) in [6.07, 6.45) is 2.88. The van der Waals surface area contributed by atoms with Crippen molar-refractivity contribution in [2.45, 2.75) is 39.3 Å². The summed E-state index contributed by atoms with van der Waals surface area (Å²) < 4.78 is 20.2. The van der Waals surface area contributed by atoms with Crippen molar-refractivity contribution in [1.82, 2.24) is 30.0 Å². The third-order valence-electron chi connectivity index (χ3n) is 6.40. The molecule has 9 nitrogen and oxygen atoms in total. The molecule has 0 radical (unpaired) electrons. The fraction of sp³-hybridized carbons (Fsp3) is 0.240. The quantitative estimate of drug-likeness (QED) is 0.381. The highest BCUT2D eigenvalue weighted by Crippen LogP contribution is 2.43. The van der Waals surface area contributed by atoms with E-state index in [2.05, 4.69) is 30.8 Å². The minimum absolute atomic E-state index is 0.287. The zero-order chi connectivity index (χ0) is 24.3. The number of aromatic amines is 1. The van der Waals surface area contributed by atoms with Crippen molar-refractivity contribution in [3.63, 3.8) is 0 Å². The van der Waals surface area contributed by atoms with Crippen LogP contribution in [0, 0.1) is 20.8 Å². The van der Waals surface area contributed by atoms with E-state index in [0.29, 0.717) is 40.5 Å². The number of alkyl halides is 1. The molecule has 1 aromatic carbocycles. The predicted octanol–water partition coefficient (Wildman–Crippen LogP) is 4.78. The second-order valence-electron chi connectivity index (χ2n) is 8.91. The van der Waals surface area contributed by atoms with Gasteiger partial charge in [0.15, 0.2) is 0 Å². The molecule has 176 valence electrons. The van der Waals surface area contributed by atoms with Crippen LogP contribution in [0.1, 0.15) is 45.5 Å². The molecule has 1 aliphatic carbocycles. The van der Waals surface area contributed by atoms with Gasteiger partial charge in [0.05, 0.1) is 28.9 Å². The summed E-state index contributed by atoms with van der Waals surface area (Å²) in [6, 6.07) is 9.39. The Morgan fingerprint density at radius 2 is 2.03 bits per heavy atom. The lowest BCUT2D eigenvalue weighted by atomic mass is 10.0. The van der Waals surface area contributed by atoms with E-state index in [9.17, 15) is 9.18 Å². The maximum atomic E-state index is 13.3. The van der Waals surface area contributed by atoms with Crippen LogP contribution in [-0.2, 0) is 0 Å². The normalized spacial score (nSPS) is 17.1. The van der Waals surface area contributed by atoms with Gasteiger partial charge in [-0.15, -0.1) is 0 Å². The van der Waals surface area contributed by atoms with Gasteiger partial charge in [-0.1, -0.05) is 17.3 Å². The number of anilines is 1. The van der Waals surface area contributed by atoms with E-state index in [1.165, 1.54) is 0 Å². The highest BCUT2D eigenvalue weighted by Gasteiger charge is 2.43. The van der Waals surface area contributed by atoms with Crippen LogP contribution in [-0.4, -0.2) is 42.0 Å². The Bertz CT molecular complexity index is 1580. The first-order chi connectivity index (χ1) is 16.9. The molecule has 6 rings (SSSR count). The average Bonchev–Trinajstić information content (AvgIpc) is 3.21. The Morgan fingerprint density at radius 3 is 2.77 bits per heavy atom. The fourth-order valence-corrected chi connectivity index (χ4v) is 4.30. The van der Waals surface area contributed by atoms with Crippen molar-refractivity contribution >= 4 is 17.1 Å². The number of H-pyrrole nitrogens is 1. The van der Waals surface area contributed by atoms with Crippen molar-refractivity contribution in [2.75, 3.05) is 5.32 Å². The van der Waals surface area contributed by atoms with Crippen molar-refractivity contribution in [1.29, 1.82) is 0 Å². The number of pyridine rings is 1. The van der Waals surface area contributed by atoms with Crippen molar-refractivity contribution in [3.8, 4) is 22.5 Å². The molecule has 35 heavy (non-hydrogen) atoms. The number of nitrogens with zero attached hydrogens (tertiary/aromatic N) is 5. The van der Waals surface area contributed by atoms with Gasteiger partial charge in [0.25, 0.3) is 5.91 Å². The Hall–Kier alpha value is -4.34. The lowest BCUT2D eigenvalue weighted by Crippen LogP contribution is -2.12. The largest absolute Gasteiger partial charge is 0.339 e. The third kappa shape index (κ3) is 3.67. The van der Waals surface area contributed by atoms with Gasteiger partial charge in [0.1, 0.15) is 6.17 Å².